The van der Waals surface area contributed by atoms with Crippen LogP contribution in [0.15, 0.2) is 24.3 Å². The zero-order valence-corrected chi connectivity index (χ0v) is 14.2. The minimum atomic E-state index is 0.418. The van der Waals surface area contributed by atoms with Gasteiger partial charge < -0.3 is 0 Å². The first-order valence-corrected chi connectivity index (χ1v) is 8.68. The van der Waals surface area contributed by atoms with Crippen molar-refractivity contribution in [3.63, 3.8) is 0 Å². The Morgan fingerprint density at radius 1 is 0.750 bits per heavy atom. The quantitative estimate of drug-likeness (QED) is 0.565. The summed E-state index contributed by atoms with van der Waals surface area (Å²) in [6, 6.07) is 0. The Balaban J connectivity index is 1.90. The van der Waals surface area contributed by atoms with Crippen molar-refractivity contribution in [1.82, 2.24) is 0 Å². The van der Waals surface area contributed by atoms with Crippen LogP contribution in [0.25, 0.3) is 0 Å². The van der Waals surface area contributed by atoms with Crippen LogP contribution in [-0.2, 0) is 0 Å². The molecule has 0 amide bonds. The van der Waals surface area contributed by atoms with Crippen molar-refractivity contribution in [2.24, 2.45) is 46.3 Å². The van der Waals surface area contributed by atoms with E-state index in [1.807, 2.05) is 0 Å². The number of rotatable bonds is 2. The predicted octanol–water partition coefficient (Wildman–Crippen LogP) is 5.71. The molecule has 0 aromatic rings. The van der Waals surface area contributed by atoms with E-state index < -0.39 is 0 Å². The van der Waals surface area contributed by atoms with Crippen LogP contribution in [0.5, 0.6) is 0 Å². The second kappa shape index (κ2) is 4.49. The topological polar surface area (TPSA) is 0 Å². The number of allylic oxidation sites excluding steroid dienone is 4. The summed E-state index contributed by atoms with van der Waals surface area (Å²) < 4.78 is 0. The maximum Gasteiger partial charge on any atom is -0.00240 e. The summed E-state index contributed by atoms with van der Waals surface area (Å²) in [5, 5.41) is 0. The molecule has 0 aromatic carbocycles. The largest absolute Gasteiger partial charge is 0.0846 e. The molecule has 0 aliphatic heterocycles. The van der Waals surface area contributed by atoms with Crippen LogP contribution < -0.4 is 0 Å². The Bertz CT molecular complexity index is 399. The van der Waals surface area contributed by atoms with E-state index in [-0.39, 0.29) is 0 Å². The number of hydrogen-bond donors (Lipinski definition) is 0. The van der Waals surface area contributed by atoms with Gasteiger partial charge in [-0.15, -0.1) is 0 Å². The smallest absolute Gasteiger partial charge is 0.00240 e. The Labute approximate surface area is 125 Å². The first-order chi connectivity index (χ1) is 9.29. The third-order valence-electron chi connectivity index (χ3n) is 7.33. The van der Waals surface area contributed by atoms with Gasteiger partial charge in [0.2, 0.25) is 0 Å². The summed E-state index contributed by atoms with van der Waals surface area (Å²) in [5.41, 5.74) is 0.836. The van der Waals surface area contributed by atoms with Crippen LogP contribution in [0.3, 0.4) is 0 Å². The van der Waals surface area contributed by atoms with E-state index in [0.29, 0.717) is 10.8 Å². The monoisotopic (exact) mass is 272 g/mol. The molecule has 0 radical (unpaired) electrons. The highest BCUT2D eigenvalue weighted by Gasteiger charge is 2.66. The van der Waals surface area contributed by atoms with Crippen molar-refractivity contribution in [3.05, 3.63) is 24.3 Å². The van der Waals surface area contributed by atoms with Gasteiger partial charge in [-0.25, -0.2) is 0 Å². The fraction of sp³-hybridized carbons (Fsp3) is 0.800. The van der Waals surface area contributed by atoms with Gasteiger partial charge in [-0.2, -0.15) is 0 Å². The summed E-state index contributed by atoms with van der Waals surface area (Å²) in [6.45, 7) is 14.6. The van der Waals surface area contributed by atoms with E-state index in [1.165, 1.54) is 12.8 Å². The highest BCUT2D eigenvalue weighted by molar-refractivity contribution is 5.31. The lowest BCUT2D eigenvalue weighted by Crippen LogP contribution is -2.64. The van der Waals surface area contributed by atoms with Crippen molar-refractivity contribution in [2.75, 3.05) is 0 Å². The third kappa shape index (κ3) is 1.72. The first-order valence-electron chi connectivity index (χ1n) is 8.68. The molecule has 3 rings (SSSR count). The lowest BCUT2D eigenvalue weighted by Gasteiger charge is -2.70. The van der Waals surface area contributed by atoms with Crippen molar-refractivity contribution in [2.45, 2.75) is 54.4 Å². The number of hydrogen-bond acceptors (Lipinski definition) is 0. The van der Waals surface area contributed by atoms with Gasteiger partial charge in [0.25, 0.3) is 0 Å². The van der Waals surface area contributed by atoms with Crippen LogP contribution in [0.4, 0.5) is 0 Å². The number of fused-ring (bicyclic) bond motifs is 4. The molecular weight excluding hydrogens is 240 g/mol. The zero-order valence-electron chi connectivity index (χ0n) is 14.2. The summed E-state index contributed by atoms with van der Waals surface area (Å²) in [5.74, 6) is 5.03. The van der Waals surface area contributed by atoms with Crippen molar-refractivity contribution >= 4 is 0 Å². The second-order valence-corrected chi connectivity index (χ2v) is 8.78. The van der Waals surface area contributed by atoms with Gasteiger partial charge in [-0.3, -0.25) is 0 Å². The van der Waals surface area contributed by atoms with Crippen LogP contribution in [0.2, 0.25) is 0 Å². The Kier molecular flexibility index (Phi) is 3.23. The molecule has 0 saturated heterocycles. The molecule has 112 valence electrons. The molecule has 6 unspecified atom stereocenters. The normalized spacial score (nSPS) is 50.0. The molecule has 0 spiro atoms. The van der Waals surface area contributed by atoms with E-state index in [1.54, 1.807) is 0 Å². The summed E-state index contributed by atoms with van der Waals surface area (Å²) in [6.07, 6.45) is 13.1. The zero-order chi connectivity index (χ0) is 14.7. The third-order valence-corrected chi connectivity index (χ3v) is 7.33. The fourth-order valence-corrected chi connectivity index (χ4v) is 5.34. The Morgan fingerprint density at radius 3 is 1.40 bits per heavy atom. The van der Waals surface area contributed by atoms with Gasteiger partial charge in [0.05, 0.1) is 0 Å². The average Bonchev–Trinajstić information content (AvgIpc) is 2.38. The average molecular weight is 272 g/mol. The lowest BCUT2D eigenvalue weighted by molar-refractivity contribution is -0.154. The molecule has 6 atom stereocenters. The highest BCUT2D eigenvalue weighted by Crippen LogP contribution is 2.72. The molecule has 0 heteroatoms. The molecular formula is C20H32. The molecule has 3 aliphatic carbocycles. The molecule has 3 aliphatic rings. The van der Waals surface area contributed by atoms with E-state index in [2.05, 4.69) is 65.8 Å². The van der Waals surface area contributed by atoms with Gasteiger partial charge in [-0.05, 0) is 59.2 Å². The van der Waals surface area contributed by atoms with Crippen molar-refractivity contribution in [1.29, 1.82) is 0 Å². The molecule has 1 fully saturated rings. The maximum absolute atomic E-state index is 2.59. The van der Waals surface area contributed by atoms with Crippen LogP contribution in [0, 0.1) is 46.3 Å². The van der Waals surface area contributed by atoms with E-state index >= 15 is 0 Å². The summed E-state index contributed by atoms with van der Waals surface area (Å²) >= 11 is 0. The highest BCUT2D eigenvalue weighted by atomic mass is 14.7. The van der Waals surface area contributed by atoms with Gasteiger partial charge in [0, 0.05) is 0 Å². The standard InChI is InChI=1S/C20H32/c1-13(2)15-7-9-19(5)17(11-15)18-12-16(14(3)4)8-10-20(18,19)6/h7-10,13-18H,11-12H2,1-6H3. The molecule has 0 bridgehead atoms. The van der Waals surface area contributed by atoms with Gasteiger partial charge in [-0.1, -0.05) is 65.8 Å². The van der Waals surface area contributed by atoms with Crippen LogP contribution in [-0.4, -0.2) is 0 Å². The van der Waals surface area contributed by atoms with Crippen LogP contribution >= 0.6 is 0 Å². The van der Waals surface area contributed by atoms with Crippen molar-refractivity contribution < 1.29 is 0 Å². The second-order valence-electron chi connectivity index (χ2n) is 8.78. The fourth-order valence-electron chi connectivity index (χ4n) is 5.34. The molecule has 0 heterocycles. The van der Waals surface area contributed by atoms with Gasteiger partial charge in [0.15, 0.2) is 0 Å². The SMILES string of the molecule is CC(C)C1C=CC2(C)C(C1)C1CC(C(C)C)C=CC12C. The summed E-state index contributed by atoms with van der Waals surface area (Å²) in [4.78, 5) is 0. The molecule has 0 nitrogen and oxygen atoms in total. The Hall–Kier alpha value is -0.520. The first kappa shape index (κ1) is 14.4. The van der Waals surface area contributed by atoms with Crippen LogP contribution in [0.1, 0.15) is 54.4 Å². The molecule has 0 N–H and O–H groups in total. The van der Waals surface area contributed by atoms with Gasteiger partial charge >= 0.3 is 0 Å². The minimum absolute atomic E-state index is 0.418. The minimum Gasteiger partial charge on any atom is -0.0846 e. The van der Waals surface area contributed by atoms with E-state index in [4.69, 9.17) is 0 Å². The maximum atomic E-state index is 2.59. The predicted molar refractivity (Wildman–Crippen MR) is 87.4 cm³/mol. The molecule has 1 saturated carbocycles. The molecule has 0 aromatic heterocycles. The molecule has 20 heavy (non-hydrogen) atoms. The lowest BCUT2D eigenvalue weighted by atomic mass is 9.34. The Morgan fingerprint density at radius 2 is 1.10 bits per heavy atom. The summed E-state index contributed by atoms with van der Waals surface area (Å²) in [7, 11) is 0. The van der Waals surface area contributed by atoms with E-state index in [0.717, 1.165) is 35.5 Å². The van der Waals surface area contributed by atoms with Crippen molar-refractivity contribution in [3.8, 4) is 0 Å². The van der Waals surface area contributed by atoms with E-state index in [9.17, 15) is 0 Å². The van der Waals surface area contributed by atoms with Gasteiger partial charge in [0.1, 0.15) is 0 Å².